The molecule has 3 aromatic carbocycles. The van der Waals surface area contributed by atoms with Crippen LogP contribution in [0.1, 0.15) is 24.0 Å². The van der Waals surface area contributed by atoms with E-state index in [1.54, 1.807) is 7.11 Å². The number of nitrogens with zero attached hydrogens (tertiary/aromatic N) is 3. The van der Waals surface area contributed by atoms with Crippen LogP contribution in [0.3, 0.4) is 0 Å². The molecule has 0 aliphatic carbocycles. The molecule has 0 saturated heterocycles. The summed E-state index contributed by atoms with van der Waals surface area (Å²) in [6, 6.07) is 21.9. The minimum Gasteiger partial charge on any atom is -0.497 e. The van der Waals surface area contributed by atoms with E-state index < -0.39 is 22.0 Å². The number of hydrogen-bond acceptors (Lipinski definition) is 6. The van der Waals surface area contributed by atoms with Gasteiger partial charge in [0.2, 0.25) is 11.9 Å². The molecule has 0 radical (unpaired) electrons. The van der Waals surface area contributed by atoms with Crippen molar-refractivity contribution in [1.29, 1.82) is 0 Å². The van der Waals surface area contributed by atoms with Gasteiger partial charge in [0.1, 0.15) is 11.8 Å². The van der Waals surface area contributed by atoms with Crippen molar-refractivity contribution in [3.63, 3.8) is 0 Å². The lowest BCUT2D eigenvalue weighted by Crippen LogP contribution is -2.43. The third-order valence-electron chi connectivity index (χ3n) is 5.82. The van der Waals surface area contributed by atoms with Crippen LogP contribution in [0.4, 0.5) is 0 Å². The summed E-state index contributed by atoms with van der Waals surface area (Å²) in [6.45, 7) is 1.76. The maximum atomic E-state index is 13.2. The Labute approximate surface area is 220 Å². The summed E-state index contributed by atoms with van der Waals surface area (Å²) >= 11 is 5.92. The molecule has 11 heteroatoms. The summed E-state index contributed by atoms with van der Waals surface area (Å²) in [4.78, 5) is 16.1. The van der Waals surface area contributed by atoms with E-state index >= 15 is 0 Å². The van der Waals surface area contributed by atoms with Crippen LogP contribution in [-0.4, -0.2) is 50.7 Å². The monoisotopic (exact) mass is 539 g/mol. The first-order chi connectivity index (χ1) is 17.7. The number of sulfonamides is 1. The summed E-state index contributed by atoms with van der Waals surface area (Å²) in [7, 11) is -2.49. The van der Waals surface area contributed by atoms with E-state index in [-0.39, 0.29) is 23.3 Å². The van der Waals surface area contributed by atoms with Gasteiger partial charge in [-0.05, 0) is 66.6 Å². The number of benzene rings is 3. The SMILES string of the molecule is COc1ccc(C2=NN(C(=NC(C)C(N)=O)NS(=O)(=O)c3ccc(Cl)cc3)CC2c2ccccc2)cc1. The maximum Gasteiger partial charge on any atom is 0.264 e. The van der Waals surface area contributed by atoms with Gasteiger partial charge in [-0.3, -0.25) is 4.79 Å². The molecule has 1 heterocycles. The van der Waals surface area contributed by atoms with Crippen LogP contribution in [0.25, 0.3) is 0 Å². The summed E-state index contributed by atoms with van der Waals surface area (Å²) < 4.78 is 34.2. The van der Waals surface area contributed by atoms with Crippen molar-refractivity contribution in [2.24, 2.45) is 15.8 Å². The molecule has 0 aromatic heterocycles. The van der Waals surface area contributed by atoms with Gasteiger partial charge in [-0.15, -0.1) is 0 Å². The van der Waals surface area contributed by atoms with Crippen LogP contribution < -0.4 is 15.2 Å². The zero-order valence-corrected chi connectivity index (χ0v) is 21.8. The number of methoxy groups -OCH3 is 1. The van der Waals surface area contributed by atoms with Crippen LogP contribution in [0.15, 0.2) is 93.9 Å². The third kappa shape index (κ3) is 6.10. The van der Waals surface area contributed by atoms with Crippen molar-refractivity contribution in [2.45, 2.75) is 23.8 Å². The van der Waals surface area contributed by atoms with E-state index in [2.05, 4.69) is 9.71 Å². The molecule has 1 amide bonds. The fourth-order valence-electron chi connectivity index (χ4n) is 3.79. The Balaban J connectivity index is 1.76. The highest BCUT2D eigenvalue weighted by molar-refractivity contribution is 7.90. The van der Waals surface area contributed by atoms with E-state index in [1.165, 1.54) is 36.2 Å². The molecular weight excluding hydrogens is 514 g/mol. The van der Waals surface area contributed by atoms with Crippen molar-refractivity contribution >= 4 is 39.2 Å². The number of primary amides is 1. The van der Waals surface area contributed by atoms with Crippen molar-refractivity contribution < 1.29 is 17.9 Å². The van der Waals surface area contributed by atoms with Crippen LogP contribution in [0.5, 0.6) is 5.75 Å². The summed E-state index contributed by atoms with van der Waals surface area (Å²) in [5.41, 5.74) is 7.96. The Morgan fingerprint density at radius 3 is 2.35 bits per heavy atom. The van der Waals surface area contributed by atoms with Crippen molar-refractivity contribution in [3.8, 4) is 5.75 Å². The Morgan fingerprint density at radius 2 is 1.76 bits per heavy atom. The zero-order chi connectivity index (χ0) is 26.6. The first-order valence-corrected chi connectivity index (χ1v) is 13.2. The van der Waals surface area contributed by atoms with E-state index in [9.17, 15) is 13.2 Å². The molecule has 2 atom stereocenters. The third-order valence-corrected chi connectivity index (χ3v) is 7.42. The minimum absolute atomic E-state index is 0.0190. The van der Waals surface area contributed by atoms with Crippen LogP contribution >= 0.6 is 11.6 Å². The first-order valence-electron chi connectivity index (χ1n) is 11.4. The predicted molar refractivity (Wildman–Crippen MR) is 143 cm³/mol. The molecular formula is C26H26ClN5O4S. The second kappa shape index (κ2) is 11.0. The largest absolute Gasteiger partial charge is 0.497 e. The normalized spacial score (nSPS) is 16.7. The van der Waals surface area contributed by atoms with Gasteiger partial charge in [0.25, 0.3) is 10.0 Å². The van der Waals surface area contributed by atoms with Gasteiger partial charge in [0.15, 0.2) is 0 Å². The van der Waals surface area contributed by atoms with Crippen LogP contribution in [0.2, 0.25) is 5.02 Å². The Hall–Kier alpha value is -3.89. The van der Waals surface area contributed by atoms with E-state index in [1.807, 2.05) is 54.6 Å². The standard InChI is InChI=1S/C26H26ClN5O4S/c1-17(25(28)33)29-26(31-37(34,35)22-14-10-20(27)11-15-22)32-16-23(18-6-4-3-5-7-18)24(30-32)19-8-12-21(36-2)13-9-19/h3-15,17,23H,16H2,1-2H3,(H2,28,33)(H,29,31). The van der Waals surface area contributed by atoms with Crippen LogP contribution in [0, 0.1) is 0 Å². The van der Waals surface area contributed by atoms with Gasteiger partial charge < -0.3 is 10.5 Å². The number of hydrazone groups is 1. The minimum atomic E-state index is -4.08. The van der Waals surface area contributed by atoms with Crippen LogP contribution in [-0.2, 0) is 14.8 Å². The maximum absolute atomic E-state index is 13.2. The number of nitrogens with one attached hydrogen (secondary N) is 1. The average molecular weight is 540 g/mol. The highest BCUT2D eigenvalue weighted by atomic mass is 35.5. The quantitative estimate of drug-likeness (QED) is 0.351. The molecule has 192 valence electrons. The Kier molecular flexibility index (Phi) is 7.80. The number of ether oxygens (including phenoxy) is 1. The van der Waals surface area contributed by atoms with Gasteiger partial charge in [-0.1, -0.05) is 41.9 Å². The molecule has 37 heavy (non-hydrogen) atoms. The number of guanidine groups is 1. The lowest BCUT2D eigenvalue weighted by Gasteiger charge is -2.20. The number of aliphatic imine (C=N–C) groups is 1. The number of rotatable bonds is 7. The Morgan fingerprint density at radius 1 is 1.11 bits per heavy atom. The van der Waals surface area contributed by atoms with E-state index in [0.717, 1.165) is 11.1 Å². The molecule has 3 aromatic rings. The number of nitrogens with two attached hydrogens (primary N) is 1. The predicted octanol–water partition coefficient (Wildman–Crippen LogP) is 3.36. The fourth-order valence-corrected chi connectivity index (χ4v) is 4.93. The second-order valence-corrected chi connectivity index (χ2v) is 10.5. The second-order valence-electron chi connectivity index (χ2n) is 8.35. The number of amides is 1. The molecule has 1 aliphatic rings. The zero-order valence-electron chi connectivity index (χ0n) is 20.2. The molecule has 0 saturated carbocycles. The molecule has 3 N–H and O–H groups in total. The molecule has 4 rings (SSSR count). The smallest absolute Gasteiger partial charge is 0.264 e. The van der Waals surface area contributed by atoms with Gasteiger partial charge >= 0.3 is 0 Å². The van der Waals surface area contributed by atoms with Crippen molar-refractivity contribution in [2.75, 3.05) is 13.7 Å². The first kappa shape index (κ1) is 26.2. The lowest BCUT2D eigenvalue weighted by atomic mass is 9.90. The summed E-state index contributed by atoms with van der Waals surface area (Å²) in [5.74, 6) is -0.334. The molecule has 0 bridgehead atoms. The molecule has 0 spiro atoms. The van der Waals surface area contributed by atoms with Gasteiger partial charge in [0.05, 0.1) is 24.3 Å². The lowest BCUT2D eigenvalue weighted by molar-refractivity contribution is -0.118. The number of carbonyl (C=O) groups is 1. The summed E-state index contributed by atoms with van der Waals surface area (Å²) in [6.07, 6.45) is 0. The summed E-state index contributed by atoms with van der Waals surface area (Å²) in [5, 5.41) is 6.60. The van der Waals surface area contributed by atoms with Gasteiger partial charge in [0, 0.05) is 10.9 Å². The topological polar surface area (TPSA) is 126 Å². The van der Waals surface area contributed by atoms with Crippen molar-refractivity contribution in [1.82, 2.24) is 9.73 Å². The highest BCUT2D eigenvalue weighted by Gasteiger charge is 2.33. The highest BCUT2D eigenvalue weighted by Crippen LogP contribution is 2.30. The van der Waals surface area contributed by atoms with Gasteiger partial charge in [-0.2, -0.15) is 5.10 Å². The van der Waals surface area contributed by atoms with Crippen molar-refractivity contribution in [3.05, 3.63) is 95.0 Å². The molecule has 0 fully saturated rings. The molecule has 9 nitrogen and oxygen atoms in total. The molecule has 1 aliphatic heterocycles. The number of halogens is 1. The van der Waals surface area contributed by atoms with E-state index in [4.69, 9.17) is 27.2 Å². The Bertz CT molecular complexity index is 1430. The fraction of sp³-hybridized carbons (Fsp3) is 0.192. The average Bonchev–Trinajstić information content (AvgIpc) is 3.34. The van der Waals surface area contributed by atoms with Gasteiger partial charge in [-0.25, -0.2) is 23.1 Å². The van der Waals surface area contributed by atoms with E-state index in [0.29, 0.717) is 16.5 Å². The molecule has 2 unspecified atom stereocenters. The number of carbonyl (C=O) groups excluding carboxylic acids is 1. The number of hydrogen-bond donors (Lipinski definition) is 2.